The summed E-state index contributed by atoms with van der Waals surface area (Å²) in [5.41, 5.74) is -0.682. The van der Waals surface area contributed by atoms with E-state index in [-0.39, 0.29) is 11.6 Å². The highest BCUT2D eigenvalue weighted by molar-refractivity contribution is 6.20. The molecule has 0 unspecified atom stereocenters. The number of hydrogen-bond acceptors (Lipinski definition) is 2. The van der Waals surface area contributed by atoms with Gasteiger partial charge in [-0.2, -0.15) is 8.78 Å². The maximum atomic E-state index is 13.4. The van der Waals surface area contributed by atoms with Crippen LogP contribution in [0.1, 0.15) is 13.8 Å². The average Bonchev–Trinajstić information content (AvgIpc) is 2.32. The summed E-state index contributed by atoms with van der Waals surface area (Å²) in [6, 6.07) is 3.19. The molecule has 1 amide bonds. The number of hydrogen-bond donors (Lipinski definition) is 1. The Morgan fingerprint density at radius 2 is 2.11 bits per heavy atom. The Kier molecular flexibility index (Phi) is 5.05. The maximum Gasteiger partial charge on any atom is 0.387 e. The molecule has 0 saturated heterocycles. The van der Waals surface area contributed by atoms with Crippen molar-refractivity contribution in [2.45, 2.75) is 20.5 Å². The van der Waals surface area contributed by atoms with Crippen molar-refractivity contribution in [1.29, 1.82) is 0 Å². The van der Waals surface area contributed by atoms with Crippen molar-refractivity contribution >= 4 is 23.2 Å². The van der Waals surface area contributed by atoms with E-state index in [0.29, 0.717) is 0 Å². The van der Waals surface area contributed by atoms with Crippen molar-refractivity contribution in [3.63, 3.8) is 0 Å². The van der Waals surface area contributed by atoms with Gasteiger partial charge in [0.05, 0.1) is 5.41 Å². The lowest BCUT2D eigenvalue weighted by Crippen LogP contribution is -2.32. The van der Waals surface area contributed by atoms with Gasteiger partial charge in [0.2, 0.25) is 5.91 Å². The molecule has 7 heteroatoms. The Morgan fingerprint density at radius 1 is 1.47 bits per heavy atom. The van der Waals surface area contributed by atoms with Gasteiger partial charge in [0.25, 0.3) is 0 Å². The van der Waals surface area contributed by atoms with Crippen LogP contribution in [0.15, 0.2) is 18.2 Å². The van der Waals surface area contributed by atoms with Crippen LogP contribution in [-0.4, -0.2) is 18.4 Å². The Bertz CT molecular complexity index is 466. The Hall–Kier alpha value is -1.43. The minimum absolute atomic E-state index is 0.0912. The number of ether oxygens (including phenoxy) is 1. The SMILES string of the molecule is CC(C)(CCl)C(=O)Nc1ccc(OC(F)F)c(F)c1. The lowest BCUT2D eigenvalue weighted by atomic mass is 9.95. The second kappa shape index (κ2) is 6.14. The second-order valence-corrected chi connectivity index (χ2v) is 4.76. The summed E-state index contributed by atoms with van der Waals surface area (Å²) in [5.74, 6) is -1.87. The molecular formula is C12H13ClF3NO2. The van der Waals surface area contributed by atoms with E-state index in [4.69, 9.17) is 11.6 Å². The molecule has 1 aromatic rings. The van der Waals surface area contributed by atoms with E-state index in [2.05, 4.69) is 10.1 Å². The van der Waals surface area contributed by atoms with Crippen molar-refractivity contribution in [1.82, 2.24) is 0 Å². The van der Waals surface area contributed by atoms with Crippen molar-refractivity contribution in [2.75, 3.05) is 11.2 Å². The first-order valence-corrected chi connectivity index (χ1v) is 5.91. The third-order valence-corrected chi connectivity index (χ3v) is 3.02. The quantitative estimate of drug-likeness (QED) is 0.842. The zero-order valence-corrected chi connectivity index (χ0v) is 11.1. The second-order valence-electron chi connectivity index (χ2n) is 4.50. The van der Waals surface area contributed by atoms with E-state index in [1.807, 2.05) is 0 Å². The van der Waals surface area contributed by atoms with E-state index < -0.39 is 29.5 Å². The van der Waals surface area contributed by atoms with Gasteiger partial charge in [0.15, 0.2) is 11.6 Å². The number of alkyl halides is 3. The molecule has 19 heavy (non-hydrogen) atoms. The molecule has 0 atom stereocenters. The molecule has 0 aliphatic rings. The number of benzene rings is 1. The molecule has 1 N–H and O–H groups in total. The summed E-state index contributed by atoms with van der Waals surface area (Å²) in [5, 5.41) is 2.45. The van der Waals surface area contributed by atoms with Crippen molar-refractivity contribution < 1.29 is 22.7 Å². The summed E-state index contributed by atoms with van der Waals surface area (Å²) in [6.45, 7) is 0.144. The van der Waals surface area contributed by atoms with Crippen molar-refractivity contribution in [3.8, 4) is 5.75 Å². The summed E-state index contributed by atoms with van der Waals surface area (Å²) < 4.78 is 41.2. The fourth-order valence-electron chi connectivity index (χ4n) is 1.13. The zero-order chi connectivity index (χ0) is 14.6. The summed E-state index contributed by atoms with van der Waals surface area (Å²) in [7, 11) is 0. The molecule has 1 aromatic carbocycles. The molecule has 0 heterocycles. The van der Waals surface area contributed by atoms with Crippen LogP contribution in [0.2, 0.25) is 0 Å². The van der Waals surface area contributed by atoms with E-state index in [9.17, 15) is 18.0 Å². The number of carbonyl (C=O) groups is 1. The molecular weight excluding hydrogens is 283 g/mol. The van der Waals surface area contributed by atoms with Crippen LogP contribution in [0.25, 0.3) is 0 Å². The van der Waals surface area contributed by atoms with Gasteiger partial charge in [-0.05, 0) is 26.0 Å². The van der Waals surface area contributed by atoms with Crippen molar-refractivity contribution in [3.05, 3.63) is 24.0 Å². The van der Waals surface area contributed by atoms with Gasteiger partial charge in [-0.3, -0.25) is 4.79 Å². The fourth-order valence-corrected chi connectivity index (χ4v) is 1.25. The predicted octanol–water partition coefficient (Wildman–Crippen LogP) is 3.63. The first-order valence-electron chi connectivity index (χ1n) is 5.38. The van der Waals surface area contributed by atoms with Crippen LogP contribution >= 0.6 is 11.6 Å². The summed E-state index contributed by atoms with van der Waals surface area (Å²) >= 11 is 5.63. The maximum absolute atomic E-state index is 13.4. The van der Waals surface area contributed by atoms with Gasteiger partial charge < -0.3 is 10.1 Å². The lowest BCUT2D eigenvalue weighted by molar-refractivity contribution is -0.122. The molecule has 0 saturated carbocycles. The third kappa shape index (κ3) is 4.31. The zero-order valence-electron chi connectivity index (χ0n) is 10.3. The fraction of sp³-hybridized carbons (Fsp3) is 0.417. The van der Waals surface area contributed by atoms with Crippen LogP contribution in [0.5, 0.6) is 5.75 Å². The monoisotopic (exact) mass is 295 g/mol. The highest BCUT2D eigenvalue weighted by Gasteiger charge is 2.26. The number of nitrogens with one attached hydrogen (secondary N) is 1. The molecule has 0 aromatic heterocycles. The summed E-state index contributed by atoms with van der Waals surface area (Å²) in [4.78, 5) is 11.8. The molecule has 0 aliphatic heterocycles. The molecule has 0 bridgehead atoms. The molecule has 1 rings (SSSR count). The normalized spacial score (nSPS) is 11.5. The molecule has 106 valence electrons. The first kappa shape index (κ1) is 15.6. The Balaban J connectivity index is 2.82. The highest BCUT2D eigenvalue weighted by Crippen LogP contribution is 2.25. The van der Waals surface area contributed by atoms with Crippen LogP contribution in [0.3, 0.4) is 0 Å². The molecule has 0 fully saturated rings. The van der Waals surface area contributed by atoms with Gasteiger partial charge >= 0.3 is 6.61 Å². The standard InChI is InChI=1S/C12H13ClF3NO2/c1-12(2,6-13)10(18)17-7-3-4-9(8(14)5-7)19-11(15)16/h3-5,11H,6H2,1-2H3,(H,17,18). The van der Waals surface area contributed by atoms with Gasteiger partial charge in [0, 0.05) is 17.6 Å². The molecule has 0 spiro atoms. The van der Waals surface area contributed by atoms with Crippen molar-refractivity contribution in [2.24, 2.45) is 5.41 Å². The van der Waals surface area contributed by atoms with Crippen LogP contribution in [0.4, 0.5) is 18.9 Å². The van der Waals surface area contributed by atoms with Crippen LogP contribution in [0, 0.1) is 11.2 Å². The van der Waals surface area contributed by atoms with Crippen LogP contribution in [-0.2, 0) is 4.79 Å². The van der Waals surface area contributed by atoms with E-state index in [1.165, 1.54) is 6.07 Å². The van der Waals surface area contributed by atoms with Gasteiger partial charge in [-0.15, -0.1) is 11.6 Å². The van der Waals surface area contributed by atoms with E-state index in [1.54, 1.807) is 13.8 Å². The van der Waals surface area contributed by atoms with Gasteiger partial charge in [-0.1, -0.05) is 0 Å². The van der Waals surface area contributed by atoms with Crippen LogP contribution < -0.4 is 10.1 Å². The predicted molar refractivity (Wildman–Crippen MR) is 66.2 cm³/mol. The summed E-state index contributed by atoms with van der Waals surface area (Å²) in [6.07, 6.45) is 0. The third-order valence-electron chi connectivity index (χ3n) is 2.35. The lowest BCUT2D eigenvalue weighted by Gasteiger charge is -2.20. The molecule has 0 radical (unpaired) electrons. The highest BCUT2D eigenvalue weighted by atomic mass is 35.5. The Morgan fingerprint density at radius 3 is 2.58 bits per heavy atom. The number of amides is 1. The van der Waals surface area contributed by atoms with Gasteiger partial charge in [0.1, 0.15) is 0 Å². The van der Waals surface area contributed by atoms with E-state index in [0.717, 1.165) is 12.1 Å². The topological polar surface area (TPSA) is 38.3 Å². The first-order chi connectivity index (χ1) is 8.76. The minimum atomic E-state index is -3.11. The minimum Gasteiger partial charge on any atom is -0.432 e. The molecule has 3 nitrogen and oxygen atoms in total. The van der Waals surface area contributed by atoms with Gasteiger partial charge in [-0.25, -0.2) is 4.39 Å². The number of rotatable bonds is 5. The molecule has 0 aliphatic carbocycles. The number of halogens is 4. The number of anilines is 1. The van der Waals surface area contributed by atoms with E-state index >= 15 is 0 Å². The number of carbonyl (C=O) groups excluding carboxylic acids is 1. The Labute approximate surface area is 113 Å². The average molecular weight is 296 g/mol. The largest absolute Gasteiger partial charge is 0.432 e. The smallest absolute Gasteiger partial charge is 0.387 e.